The van der Waals surface area contributed by atoms with Crippen LogP contribution < -0.4 is 9.47 Å². The molecule has 15 heavy (non-hydrogen) atoms. The highest BCUT2D eigenvalue weighted by Crippen LogP contribution is 2.30. The molecule has 1 rings (SSSR count). The molecule has 2 nitrogen and oxygen atoms in total. The normalized spacial score (nSPS) is 10.5. The number of ether oxygens (including phenoxy) is 2. The SMILES string of the molecule is CCOc1ccc(C(C)C)cc1OCC. The van der Waals surface area contributed by atoms with E-state index in [1.165, 1.54) is 5.56 Å². The van der Waals surface area contributed by atoms with Gasteiger partial charge in [-0.1, -0.05) is 19.9 Å². The molecule has 0 fully saturated rings. The second-order valence-electron chi connectivity index (χ2n) is 3.73. The van der Waals surface area contributed by atoms with E-state index in [9.17, 15) is 0 Å². The molecule has 0 unspecified atom stereocenters. The van der Waals surface area contributed by atoms with Gasteiger partial charge in [0.25, 0.3) is 0 Å². The van der Waals surface area contributed by atoms with Crippen molar-refractivity contribution < 1.29 is 9.47 Å². The maximum absolute atomic E-state index is 5.56. The number of rotatable bonds is 5. The minimum atomic E-state index is 0.514. The van der Waals surface area contributed by atoms with Crippen LogP contribution >= 0.6 is 0 Å². The van der Waals surface area contributed by atoms with Crippen molar-refractivity contribution in [3.8, 4) is 11.5 Å². The van der Waals surface area contributed by atoms with E-state index in [-0.39, 0.29) is 0 Å². The molecule has 0 amide bonds. The highest BCUT2D eigenvalue weighted by atomic mass is 16.5. The third kappa shape index (κ3) is 3.15. The van der Waals surface area contributed by atoms with Crippen LogP contribution in [0.3, 0.4) is 0 Å². The van der Waals surface area contributed by atoms with Gasteiger partial charge in [0.1, 0.15) is 0 Å². The van der Waals surface area contributed by atoms with Gasteiger partial charge in [-0.15, -0.1) is 0 Å². The van der Waals surface area contributed by atoms with Gasteiger partial charge in [-0.2, -0.15) is 0 Å². The summed E-state index contributed by atoms with van der Waals surface area (Å²) in [5.41, 5.74) is 1.28. The van der Waals surface area contributed by atoms with Crippen molar-refractivity contribution in [2.24, 2.45) is 0 Å². The second kappa shape index (κ2) is 5.64. The first-order valence-electron chi connectivity index (χ1n) is 5.58. The van der Waals surface area contributed by atoms with Crippen molar-refractivity contribution in [3.05, 3.63) is 23.8 Å². The van der Waals surface area contributed by atoms with Crippen LogP contribution in [0.1, 0.15) is 39.2 Å². The summed E-state index contributed by atoms with van der Waals surface area (Å²) in [7, 11) is 0. The van der Waals surface area contributed by atoms with E-state index in [0.29, 0.717) is 19.1 Å². The number of benzene rings is 1. The molecule has 0 saturated heterocycles. The summed E-state index contributed by atoms with van der Waals surface area (Å²) in [5, 5.41) is 0. The Bertz CT molecular complexity index is 305. The Balaban J connectivity index is 2.97. The van der Waals surface area contributed by atoms with Crippen molar-refractivity contribution in [2.45, 2.75) is 33.6 Å². The van der Waals surface area contributed by atoms with E-state index >= 15 is 0 Å². The Morgan fingerprint density at radius 1 is 1.00 bits per heavy atom. The van der Waals surface area contributed by atoms with Crippen molar-refractivity contribution in [1.29, 1.82) is 0 Å². The fraction of sp³-hybridized carbons (Fsp3) is 0.538. The van der Waals surface area contributed by atoms with Crippen LogP contribution in [0.4, 0.5) is 0 Å². The highest BCUT2D eigenvalue weighted by molar-refractivity contribution is 5.43. The lowest BCUT2D eigenvalue weighted by atomic mass is 10.0. The van der Waals surface area contributed by atoms with Gasteiger partial charge in [0.2, 0.25) is 0 Å². The van der Waals surface area contributed by atoms with Crippen LogP contribution in [0.2, 0.25) is 0 Å². The molecule has 2 heteroatoms. The fourth-order valence-corrected chi connectivity index (χ4v) is 1.43. The largest absolute Gasteiger partial charge is 0.490 e. The smallest absolute Gasteiger partial charge is 0.161 e. The lowest BCUT2D eigenvalue weighted by Gasteiger charge is -2.13. The first-order valence-corrected chi connectivity index (χ1v) is 5.58. The van der Waals surface area contributed by atoms with E-state index in [4.69, 9.17) is 9.47 Å². The highest BCUT2D eigenvalue weighted by Gasteiger charge is 2.07. The Morgan fingerprint density at radius 3 is 2.13 bits per heavy atom. The zero-order valence-electron chi connectivity index (χ0n) is 10.0. The molecule has 0 atom stereocenters. The molecular weight excluding hydrogens is 188 g/mol. The van der Waals surface area contributed by atoms with E-state index in [0.717, 1.165) is 11.5 Å². The average molecular weight is 208 g/mol. The molecule has 0 heterocycles. The van der Waals surface area contributed by atoms with E-state index < -0.39 is 0 Å². The van der Waals surface area contributed by atoms with Crippen molar-refractivity contribution >= 4 is 0 Å². The van der Waals surface area contributed by atoms with Gasteiger partial charge in [-0.3, -0.25) is 0 Å². The minimum absolute atomic E-state index is 0.514. The maximum atomic E-state index is 5.56. The molecule has 0 aliphatic heterocycles. The Labute approximate surface area is 92.2 Å². The van der Waals surface area contributed by atoms with Gasteiger partial charge in [0.15, 0.2) is 11.5 Å². The molecule has 0 aromatic heterocycles. The summed E-state index contributed by atoms with van der Waals surface area (Å²) < 4.78 is 11.1. The lowest BCUT2D eigenvalue weighted by Crippen LogP contribution is -1.99. The van der Waals surface area contributed by atoms with Crippen molar-refractivity contribution in [3.63, 3.8) is 0 Å². The van der Waals surface area contributed by atoms with Crippen LogP contribution in [0.15, 0.2) is 18.2 Å². The van der Waals surface area contributed by atoms with Gasteiger partial charge in [0.05, 0.1) is 13.2 Å². The average Bonchev–Trinajstić information content (AvgIpc) is 2.21. The predicted octanol–water partition coefficient (Wildman–Crippen LogP) is 3.61. The van der Waals surface area contributed by atoms with Crippen molar-refractivity contribution in [2.75, 3.05) is 13.2 Å². The minimum Gasteiger partial charge on any atom is -0.490 e. The molecular formula is C13H20O2. The quantitative estimate of drug-likeness (QED) is 0.736. The maximum Gasteiger partial charge on any atom is 0.161 e. The Kier molecular flexibility index (Phi) is 4.47. The zero-order chi connectivity index (χ0) is 11.3. The molecule has 84 valence electrons. The lowest BCUT2D eigenvalue weighted by molar-refractivity contribution is 0.287. The summed E-state index contributed by atoms with van der Waals surface area (Å²) in [6, 6.07) is 6.15. The summed E-state index contributed by atoms with van der Waals surface area (Å²) in [6.45, 7) is 9.64. The molecule has 0 aliphatic carbocycles. The number of hydrogen-bond acceptors (Lipinski definition) is 2. The Morgan fingerprint density at radius 2 is 1.60 bits per heavy atom. The number of hydrogen-bond donors (Lipinski definition) is 0. The monoisotopic (exact) mass is 208 g/mol. The molecule has 0 saturated carbocycles. The first-order chi connectivity index (χ1) is 7.19. The van der Waals surface area contributed by atoms with E-state index in [1.807, 2.05) is 19.9 Å². The van der Waals surface area contributed by atoms with Gasteiger partial charge in [-0.25, -0.2) is 0 Å². The van der Waals surface area contributed by atoms with E-state index in [1.54, 1.807) is 0 Å². The van der Waals surface area contributed by atoms with Crippen LogP contribution in [0.25, 0.3) is 0 Å². The predicted molar refractivity (Wildman–Crippen MR) is 62.9 cm³/mol. The summed E-state index contributed by atoms with van der Waals surface area (Å²) in [5.74, 6) is 2.20. The molecule has 0 N–H and O–H groups in total. The van der Waals surface area contributed by atoms with E-state index in [2.05, 4.69) is 26.0 Å². The molecule has 1 aromatic rings. The van der Waals surface area contributed by atoms with Crippen LogP contribution in [-0.2, 0) is 0 Å². The van der Waals surface area contributed by atoms with Gasteiger partial charge in [-0.05, 0) is 37.5 Å². The van der Waals surface area contributed by atoms with Crippen LogP contribution in [-0.4, -0.2) is 13.2 Å². The zero-order valence-corrected chi connectivity index (χ0v) is 10.0. The molecule has 0 radical (unpaired) electrons. The Hall–Kier alpha value is -1.18. The molecule has 0 bridgehead atoms. The molecule has 0 aliphatic rings. The molecule has 0 spiro atoms. The van der Waals surface area contributed by atoms with Gasteiger partial charge < -0.3 is 9.47 Å². The van der Waals surface area contributed by atoms with Crippen LogP contribution in [0.5, 0.6) is 11.5 Å². The molecule has 1 aromatic carbocycles. The topological polar surface area (TPSA) is 18.5 Å². The van der Waals surface area contributed by atoms with Crippen molar-refractivity contribution in [1.82, 2.24) is 0 Å². The summed E-state index contributed by atoms with van der Waals surface area (Å²) >= 11 is 0. The third-order valence-corrected chi connectivity index (χ3v) is 2.23. The van der Waals surface area contributed by atoms with Gasteiger partial charge >= 0.3 is 0 Å². The fourth-order valence-electron chi connectivity index (χ4n) is 1.43. The van der Waals surface area contributed by atoms with Gasteiger partial charge in [0, 0.05) is 0 Å². The van der Waals surface area contributed by atoms with Crippen LogP contribution in [0, 0.1) is 0 Å². The first kappa shape index (κ1) is 11.9. The second-order valence-corrected chi connectivity index (χ2v) is 3.73. The summed E-state index contributed by atoms with van der Waals surface area (Å²) in [4.78, 5) is 0. The standard InChI is InChI=1S/C13H20O2/c1-5-14-12-8-7-11(10(3)4)9-13(12)15-6-2/h7-10H,5-6H2,1-4H3. The third-order valence-electron chi connectivity index (χ3n) is 2.23. The summed E-state index contributed by atoms with van der Waals surface area (Å²) in [6.07, 6.45) is 0.